The Kier molecular flexibility index (Phi) is 5.67. The van der Waals surface area contributed by atoms with E-state index in [2.05, 4.69) is 12.2 Å². The zero-order valence-corrected chi connectivity index (χ0v) is 12.1. The Morgan fingerprint density at radius 3 is 2.50 bits per heavy atom. The first-order valence-electron chi connectivity index (χ1n) is 6.47. The number of nitrogens with one attached hydrogen (secondary N) is 1. The molecule has 0 bridgehead atoms. The Balaban J connectivity index is 2.81. The fourth-order valence-electron chi connectivity index (χ4n) is 1.95. The number of halogens is 1. The Hall–Kier alpha value is -1.02. The average Bonchev–Trinajstić information content (AvgIpc) is 2.39. The third-order valence-electron chi connectivity index (χ3n) is 3.25. The topological polar surface area (TPSA) is 29.1 Å². The van der Waals surface area contributed by atoms with Crippen LogP contribution in [0.15, 0.2) is 30.3 Å². The largest absolute Gasteiger partial charge is 0.345 e. The van der Waals surface area contributed by atoms with E-state index in [0.717, 1.165) is 18.4 Å². The molecule has 1 N–H and O–H groups in total. The number of benzene rings is 1. The predicted octanol–water partition coefficient (Wildman–Crippen LogP) is 3.69. The molecule has 3 heteroatoms. The summed E-state index contributed by atoms with van der Waals surface area (Å²) in [5.74, 6) is 0.465. The van der Waals surface area contributed by atoms with Gasteiger partial charge < -0.3 is 5.32 Å². The molecule has 0 aliphatic heterocycles. The van der Waals surface area contributed by atoms with Crippen LogP contribution in [0.25, 0.3) is 0 Å². The summed E-state index contributed by atoms with van der Waals surface area (Å²) in [4.78, 5) is 12.1. The number of hydrogen-bond donors (Lipinski definition) is 1. The van der Waals surface area contributed by atoms with Crippen LogP contribution in [-0.4, -0.2) is 11.8 Å². The smallest absolute Gasteiger partial charge is 0.223 e. The lowest BCUT2D eigenvalue weighted by Crippen LogP contribution is -2.47. The van der Waals surface area contributed by atoms with E-state index in [0.29, 0.717) is 5.88 Å². The highest BCUT2D eigenvalue weighted by Gasteiger charge is 2.28. The maximum atomic E-state index is 12.1. The molecule has 1 aromatic carbocycles. The number of amides is 1. The van der Waals surface area contributed by atoms with Gasteiger partial charge in [-0.15, -0.1) is 11.6 Å². The van der Waals surface area contributed by atoms with Crippen LogP contribution in [0.5, 0.6) is 0 Å². The van der Waals surface area contributed by atoms with Gasteiger partial charge in [0.15, 0.2) is 0 Å². The van der Waals surface area contributed by atoms with E-state index in [1.807, 2.05) is 44.2 Å². The molecule has 1 aromatic rings. The number of carbonyl (C=O) groups is 1. The third-order valence-corrected chi connectivity index (χ3v) is 3.78. The molecule has 0 aliphatic rings. The molecular formula is C15H22ClNO. The van der Waals surface area contributed by atoms with E-state index >= 15 is 0 Å². The molecule has 18 heavy (non-hydrogen) atoms. The molecule has 1 rings (SSSR count). The van der Waals surface area contributed by atoms with Gasteiger partial charge in [0.05, 0.1) is 5.54 Å². The van der Waals surface area contributed by atoms with Gasteiger partial charge in [0.1, 0.15) is 0 Å². The molecule has 0 fully saturated rings. The minimum atomic E-state index is -0.498. The molecule has 2 atom stereocenters. The van der Waals surface area contributed by atoms with E-state index in [1.165, 1.54) is 0 Å². The summed E-state index contributed by atoms with van der Waals surface area (Å²) >= 11 is 6.05. The summed E-state index contributed by atoms with van der Waals surface area (Å²) in [5.41, 5.74) is 0.541. The van der Waals surface area contributed by atoms with Crippen LogP contribution in [0.3, 0.4) is 0 Å². The lowest BCUT2D eigenvalue weighted by molar-refractivity contribution is -0.126. The molecule has 0 saturated carbocycles. The van der Waals surface area contributed by atoms with Crippen molar-refractivity contribution in [3.05, 3.63) is 35.9 Å². The lowest BCUT2D eigenvalue weighted by Gasteiger charge is -2.30. The van der Waals surface area contributed by atoms with Crippen molar-refractivity contribution in [3.8, 4) is 0 Å². The molecule has 0 spiro atoms. The Morgan fingerprint density at radius 2 is 2.00 bits per heavy atom. The second-order valence-corrected chi connectivity index (χ2v) is 5.28. The molecule has 0 aromatic heterocycles. The molecular weight excluding hydrogens is 246 g/mol. The summed E-state index contributed by atoms with van der Waals surface area (Å²) in [5, 5.41) is 3.07. The number of hydrogen-bond acceptors (Lipinski definition) is 1. The van der Waals surface area contributed by atoms with Gasteiger partial charge in [0.25, 0.3) is 0 Å². The normalized spacial score (nSPS) is 15.8. The van der Waals surface area contributed by atoms with Crippen molar-refractivity contribution < 1.29 is 4.79 Å². The highest BCUT2D eigenvalue weighted by Crippen LogP contribution is 2.23. The van der Waals surface area contributed by atoms with Crippen LogP contribution in [-0.2, 0) is 10.3 Å². The van der Waals surface area contributed by atoms with Gasteiger partial charge in [-0.1, -0.05) is 50.6 Å². The van der Waals surface area contributed by atoms with Gasteiger partial charge in [-0.3, -0.25) is 4.79 Å². The Labute approximate surface area is 115 Å². The molecule has 0 heterocycles. The number of alkyl halides is 1. The summed E-state index contributed by atoms with van der Waals surface area (Å²) in [6.07, 6.45) is 1.91. The fraction of sp³-hybridized carbons (Fsp3) is 0.533. The highest BCUT2D eigenvalue weighted by molar-refractivity contribution is 6.18. The van der Waals surface area contributed by atoms with Gasteiger partial charge in [0.2, 0.25) is 5.91 Å². The Bertz CT molecular complexity index is 379. The lowest BCUT2D eigenvalue weighted by atomic mass is 9.92. The van der Waals surface area contributed by atoms with E-state index in [9.17, 15) is 4.79 Å². The summed E-state index contributed by atoms with van der Waals surface area (Å²) in [6.45, 7) is 6.01. The maximum Gasteiger partial charge on any atom is 0.223 e. The van der Waals surface area contributed by atoms with E-state index in [1.54, 1.807) is 0 Å². The van der Waals surface area contributed by atoms with Crippen LogP contribution < -0.4 is 5.32 Å². The first-order valence-corrected chi connectivity index (χ1v) is 7.00. The second-order valence-electron chi connectivity index (χ2n) is 5.01. The number of carbonyl (C=O) groups excluding carboxylic acids is 1. The monoisotopic (exact) mass is 267 g/mol. The van der Waals surface area contributed by atoms with Crippen molar-refractivity contribution in [1.82, 2.24) is 5.32 Å². The van der Waals surface area contributed by atoms with Crippen molar-refractivity contribution in [3.63, 3.8) is 0 Å². The fourth-order valence-corrected chi connectivity index (χ4v) is 2.17. The zero-order valence-electron chi connectivity index (χ0n) is 11.4. The second kappa shape index (κ2) is 6.79. The van der Waals surface area contributed by atoms with Crippen molar-refractivity contribution in [2.45, 2.75) is 39.2 Å². The molecule has 0 aliphatic carbocycles. The minimum Gasteiger partial charge on any atom is -0.345 e. The predicted molar refractivity (Wildman–Crippen MR) is 76.7 cm³/mol. The standard InChI is InChI=1S/C15H22ClNO/c1-4-8-12(2)14(18)17-15(3,11-16)13-9-6-5-7-10-13/h5-7,9-10,12H,4,8,11H2,1-3H3,(H,17,18). The average molecular weight is 268 g/mol. The molecule has 2 unspecified atom stereocenters. The van der Waals surface area contributed by atoms with Crippen LogP contribution in [0.2, 0.25) is 0 Å². The van der Waals surface area contributed by atoms with Gasteiger partial charge in [-0.05, 0) is 18.9 Å². The number of rotatable bonds is 6. The van der Waals surface area contributed by atoms with E-state index in [4.69, 9.17) is 11.6 Å². The van der Waals surface area contributed by atoms with E-state index < -0.39 is 5.54 Å². The quantitative estimate of drug-likeness (QED) is 0.783. The molecule has 2 nitrogen and oxygen atoms in total. The van der Waals surface area contributed by atoms with Crippen LogP contribution in [0.1, 0.15) is 39.2 Å². The van der Waals surface area contributed by atoms with Gasteiger partial charge >= 0.3 is 0 Å². The highest BCUT2D eigenvalue weighted by atomic mass is 35.5. The van der Waals surface area contributed by atoms with Crippen molar-refractivity contribution in [2.24, 2.45) is 5.92 Å². The minimum absolute atomic E-state index is 0.0289. The van der Waals surface area contributed by atoms with Gasteiger partial charge in [-0.2, -0.15) is 0 Å². The van der Waals surface area contributed by atoms with E-state index in [-0.39, 0.29) is 11.8 Å². The Morgan fingerprint density at radius 1 is 1.39 bits per heavy atom. The van der Waals surface area contributed by atoms with Crippen LogP contribution >= 0.6 is 11.6 Å². The maximum absolute atomic E-state index is 12.1. The van der Waals surface area contributed by atoms with Crippen molar-refractivity contribution >= 4 is 17.5 Å². The molecule has 1 amide bonds. The summed E-state index contributed by atoms with van der Waals surface area (Å²) in [7, 11) is 0. The van der Waals surface area contributed by atoms with Crippen molar-refractivity contribution in [2.75, 3.05) is 5.88 Å². The third kappa shape index (κ3) is 3.74. The zero-order chi connectivity index (χ0) is 13.6. The van der Waals surface area contributed by atoms with Gasteiger partial charge in [-0.25, -0.2) is 0 Å². The molecule has 0 saturated heterocycles. The van der Waals surface area contributed by atoms with Crippen molar-refractivity contribution in [1.29, 1.82) is 0 Å². The molecule has 0 radical (unpaired) electrons. The van der Waals surface area contributed by atoms with Crippen LogP contribution in [0, 0.1) is 5.92 Å². The summed E-state index contributed by atoms with van der Waals surface area (Å²) in [6, 6.07) is 9.86. The molecule has 100 valence electrons. The SMILES string of the molecule is CCCC(C)C(=O)NC(C)(CCl)c1ccccc1. The first-order chi connectivity index (χ1) is 8.53. The first kappa shape index (κ1) is 15.0. The van der Waals surface area contributed by atoms with Crippen LogP contribution in [0.4, 0.5) is 0 Å². The summed E-state index contributed by atoms with van der Waals surface area (Å²) < 4.78 is 0. The van der Waals surface area contributed by atoms with Gasteiger partial charge in [0, 0.05) is 11.8 Å².